The van der Waals surface area contributed by atoms with Gasteiger partial charge < -0.3 is 5.32 Å². The molecule has 0 fully saturated rings. The van der Waals surface area contributed by atoms with Crippen LogP contribution in [-0.4, -0.2) is 15.7 Å². The van der Waals surface area contributed by atoms with Crippen LogP contribution >= 0.6 is 0 Å². The molecule has 2 atom stereocenters. The van der Waals surface area contributed by atoms with Crippen LogP contribution in [-0.2, 0) is 17.8 Å². The largest absolute Gasteiger partial charge is 0.349 e. The molecule has 1 aliphatic rings. The van der Waals surface area contributed by atoms with Crippen LogP contribution in [0.1, 0.15) is 36.1 Å². The van der Waals surface area contributed by atoms with Crippen LogP contribution in [0.3, 0.4) is 0 Å². The summed E-state index contributed by atoms with van der Waals surface area (Å²) >= 11 is 0. The molecule has 0 saturated carbocycles. The fraction of sp³-hybridized carbons (Fsp3) is 0.412. The third-order valence-electron chi connectivity index (χ3n) is 4.19. The van der Waals surface area contributed by atoms with Crippen molar-refractivity contribution in [2.45, 2.75) is 39.3 Å². The number of nitrogens with zero attached hydrogens (tertiary/aromatic N) is 2. The summed E-state index contributed by atoms with van der Waals surface area (Å²) in [5, 5.41) is 7.31. The number of rotatable bonds is 4. The Morgan fingerprint density at radius 2 is 2.33 bits per heavy atom. The predicted molar refractivity (Wildman–Crippen MR) is 81.8 cm³/mol. The predicted octanol–water partition coefficient (Wildman–Crippen LogP) is 2.63. The van der Waals surface area contributed by atoms with Gasteiger partial charge in [-0.2, -0.15) is 5.10 Å². The third kappa shape index (κ3) is 2.99. The minimum absolute atomic E-state index is 0.0942. The van der Waals surface area contributed by atoms with Crippen LogP contribution in [0.2, 0.25) is 0 Å². The first-order valence-electron chi connectivity index (χ1n) is 7.49. The Balaban J connectivity index is 1.65. The van der Waals surface area contributed by atoms with Gasteiger partial charge >= 0.3 is 0 Å². The van der Waals surface area contributed by atoms with Crippen LogP contribution in [0.4, 0.5) is 0 Å². The monoisotopic (exact) mass is 283 g/mol. The molecule has 0 aliphatic heterocycles. The summed E-state index contributed by atoms with van der Waals surface area (Å²) in [5.41, 5.74) is 3.90. The molecular weight excluding hydrogens is 262 g/mol. The fourth-order valence-corrected chi connectivity index (χ4v) is 3.08. The van der Waals surface area contributed by atoms with E-state index in [2.05, 4.69) is 42.5 Å². The molecule has 4 nitrogen and oxygen atoms in total. The summed E-state index contributed by atoms with van der Waals surface area (Å²) in [5.74, 6) is 0.548. The number of aromatic nitrogens is 2. The fourth-order valence-electron chi connectivity index (χ4n) is 3.08. The van der Waals surface area contributed by atoms with E-state index in [9.17, 15) is 4.79 Å². The van der Waals surface area contributed by atoms with E-state index in [4.69, 9.17) is 0 Å². The zero-order chi connectivity index (χ0) is 14.8. The lowest BCUT2D eigenvalue weighted by molar-refractivity contribution is -0.122. The second kappa shape index (κ2) is 5.72. The van der Waals surface area contributed by atoms with Gasteiger partial charge in [0.15, 0.2) is 0 Å². The maximum atomic E-state index is 12.2. The number of hydrogen-bond donors (Lipinski definition) is 1. The van der Waals surface area contributed by atoms with Crippen LogP contribution in [0.5, 0.6) is 0 Å². The molecule has 1 amide bonds. The molecule has 2 aromatic rings. The molecule has 1 N–H and O–H groups in total. The van der Waals surface area contributed by atoms with Crippen molar-refractivity contribution in [3.05, 3.63) is 53.3 Å². The summed E-state index contributed by atoms with van der Waals surface area (Å²) in [7, 11) is 0. The van der Waals surface area contributed by atoms with Crippen molar-refractivity contribution in [3.63, 3.8) is 0 Å². The molecule has 110 valence electrons. The molecular formula is C17H21N3O. The Morgan fingerprint density at radius 1 is 1.48 bits per heavy atom. The molecule has 0 unspecified atom stereocenters. The highest BCUT2D eigenvalue weighted by Crippen LogP contribution is 2.36. The van der Waals surface area contributed by atoms with Crippen LogP contribution in [0.25, 0.3) is 0 Å². The first-order chi connectivity index (χ1) is 10.1. The molecule has 0 spiro atoms. The van der Waals surface area contributed by atoms with E-state index in [1.165, 1.54) is 16.7 Å². The summed E-state index contributed by atoms with van der Waals surface area (Å²) in [6.45, 7) is 4.92. The van der Waals surface area contributed by atoms with Crippen molar-refractivity contribution < 1.29 is 4.79 Å². The van der Waals surface area contributed by atoms with Gasteiger partial charge in [0.25, 0.3) is 0 Å². The number of aryl methyl sites for hydroxylation is 2. The van der Waals surface area contributed by atoms with Gasteiger partial charge in [0.1, 0.15) is 0 Å². The standard InChI is InChI=1S/C17H21N3O/c1-12-4-5-14-11-13(2)17(15(14)10-12)19-16(21)6-9-20-8-3-7-18-20/h3-5,7-8,10,13,17H,6,9,11H2,1-2H3,(H,19,21)/t13-,17-/m1/s1. The lowest BCUT2D eigenvalue weighted by Gasteiger charge is -2.19. The molecule has 1 aromatic carbocycles. The highest BCUT2D eigenvalue weighted by molar-refractivity contribution is 5.76. The Kier molecular flexibility index (Phi) is 3.78. The quantitative estimate of drug-likeness (QED) is 0.937. The van der Waals surface area contributed by atoms with E-state index in [0.717, 1.165) is 6.42 Å². The third-order valence-corrected chi connectivity index (χ3v) is 4.19. The second-order valence-corrected chi connectivity index (χ2v) is 5.95. The smallest absolute Gasteiger partial charge is 0.222 e. The van der Waals surface area contributed by atoms with Gasteiger partial charge in [0.2, 0.25) is 5.91 Å². The van der Waals surface area contributed by atoms with Crippen LogP contribution in [0.15, 0.2) is 36.7 Å². The summed E-state index contributed by atoms with van der Waals surface area (Å²) in [6, 6.07) is 8.56. The maximum absolute atomic E-state index is 12.2. The number of amides is 1. The van der Waals surface area contributed by atoms with Crippen molar-refractivity contribution >= 4 is 5.91 Å². The van der Waals surface area contributed by atoms with E-state index in [0.29, 0.717) is 18.9 Å². The highest BCUT2D eigenvalue weighted by atomic mass is 16.1. The van der Waals surface area contributed by atoms with E-state index < -0.39 is 0 Å². The first kappa shape index (κ1) is 13.9. The van der Waals surface area contributed by atoms with Crippen molar-refractivity contribution in [1.29, 1.82) is 0 Å². The zero-order valence-electron chi connectivity index (χ0n) is 12.5. The van der Waals surface area contributed by atoms with Gasteiger partial charge in [0.05, 0.1) is 6.04 Å². The Morgan fingerprint density at radius 3 is 3.10 bits per heavy atom. The Hall–Kier alpha value is -2.10. The zero-order valence-corrected chi connectivity index (χ0v) is 12.5. The van der Waals surface area contributed by atoms with Crippen LogP contribution < -0.4 is 5.32 Å². The molecule has 21 heavy (non-hydrogen) atoms. The molecule has 1 heterocycles. The molecule has 0 radical (unpaired) electrons. The first-order valence-corrected chi connectivity index (χ1v) is 7.49. The average molecular weight is 283 g/mol. The van der Waals surface area contributed by atoms with Crippen molar-refractivity contribution in [3.8, 4) is 0 Å². The molecule has 1 aromatic heterocycles. The summed E-state index contributed by atoms with van der Waals surface area (Å²) < 4.78 is 1.79. The van der Waals surface area contributed by atoms with Crippen molar-refractivity contribution in [2.24, 2.45) is 5.92 Å². The summed E-state index contributed by atoms with van der Waals surface area (Å²) in [4.78, 5) is 12.2. The lowest BCUT2D eigenvalue weighted by Crippen LogP contribution is -2.31. The SMILES string of the molecule is Cc1ccc2c(c1)[C@H](NC(=O)CCn1cccn1)[C@H](C)C2. The van der Waals surface area contributed by atoms with Gasteiger partial charge in [-0.25, -0.2) is 0 Å². The van der Waals surface area contributed by atoms with E-state index in [-0.39, 0.29) is 11.9 Å². The van der Waals surface area contributed by atoms with E-state index in [1.807, 2.05) is 12.3 Å². The molecule has 0 bridgehead atoms. The van der Waals surface area contributed by atoms with Crippen LogP contribution in [0, 0.1) is 12.8 Å². The Bertz CT molecular complexity index is 633. The van der Waals surface area contributed by atoms with Gasteiger partial charge in [-0.05, 0) is 36.5 Å². The molecule has 1 aliphatic carbocycles. The normalized spacial score (nSPS) is 20.3. The number of hydrogen-bond acceptors (Lipinski definition) is 2. The number of carbonyl (C=O) groups excluding carboxylic acids is 1. The minimum atomic E-state index is 0.0942. The van der Waals surface area contributed by atoms with Gasteiger partial charge in [-0.3, -0.25) is 9.48 Å². The Labute approximate surface area is 125 Å². The number of fused-ring (bicyclic) bond motifs is 1. The van der Waals surface area contributed by atoms with E-state index >= 15 is 0 Å². The number of carbonyl (C=O) groups is 1. The number of nitrogens with one attached hydrogen (secondary N) is 1. The minimum Gasteiger partial charge on any atom is -0.349 e. The maximum Gasteiger partial charge on any atom is 0.222 e. The lowest BCUT2D eigenvalue weighted by atomic mass is 10.0. The second-order valence-electron chi connectivity index (χ2n) is 5.95. The van der Waals surface area contributed by atoms with Gasteiger partial charge in [-0.15, -0.1) is 0 Å². The highest BCUT2D eigenvalue weighted by Gasteiger charge is 2.30. The van der Waals surface area contributed by atoms with Gasteiger partial charge in [-0.1, -0.05) is 30.7 Å². The summed E-state index contributed by atoms with van der Waals surface area (Å²) in [6.07, 6.45) is 5.12. The molecule has 3 rings (SSSR count). The topological polar surface area (TPSA) is 46.9 Å². The molecule has 0 saturated heterocycles. The average Bonchev–Trinajstić information content (AvgIpc) is 3.06. The van der Waals surface area contributed by atoms with E-state index in [1.54, 1.807) is 10.9 Å². The van der Waals surface area contributed by atoms with Crippen molar-refractivity contribution in [2.75, 3.05) is 0 Å². The van der Waals surface area contributed by atoms with Gasteiger partial charge in [0, 0.05) is 25.4 Å². The van der Waals surface area contributed by atoms with Crippen molar-refractivity contribution in [1.82, 2.24) is 15.1 Å². The number of benzene rings is 1. The molecule has 4 heteroatoms.